The summed E-state index contributed by atoms with van der Waals surface area (Å²) in [5, 5.41) is 73.7. The molecule has 19 nitrogen and oxygen atoms in total. The average Bonchev–Trinajstić information content (AvgIpc) is 2.97. The molecule has 1 aromatic carbocycles. The van der Waals surface area contributed by atoms with E-state index in [0.717, 1.165) is 13.2 Å². The van der Waals surface area contributed by atoms with Crippen LogP contribution < -0.4 is 48.5 Å². The van der Waals surface area contributed by atoms with Crippen molar-refractivity contribution in [2.45, 2.75) is 24.4 Å². The molecule has 0 bridgehead atoms. The van der Waals surface area contributed by atoms with E-state index in [1.807, 2.05) is 0 Å². The zero-order valence-corrected chi connectivity index (χ0v) is 23.9. The summed E-state index contributed by atoms with van der Waals surface area (Å²) in [7, 11) is 0.922. The molecule has 0 aliphatic carbocycles. The first kappa shape index (κ1) is 38.8. The summed E-state index contributed by atoms with van der Waals surface area (Å²) in [4.78, 5) is 68.0. The largest absolute Gasteiger partial charge is 1.00 e. The number of rotatable bonds is 14. The Labute approximate surface area is 258 Å². The zero-order valence-electron chi connectivity index (χ0n) is 22.9. The molecule has 4 unspecified atom stereocenters. The second-order valence-electron chi connectivity index (χ2n) is 7.35. The first-order valence-corrected chi connectivity index (χ1v) is 11.0. The summed E-state index contributed by atoms with van der Waals surface area (Å²) in [6.45, 7) is -4.46. The third-order valence-corrected chi connectivity index (χ3v) is 4.39. The molecule has 0 aliphatic rings. The third-order valence-electron chi connectivity index (χ3n) is 4.39. The van der Waals surface area contributed by atoms with Crippen LogP contribution in [0, 0.1) is 0 Å². The normalized spacial score (nSPS) is 13.5. The van der Waals surface area contributed by atoms with E-state index in [4.69, 9.17) is 44.5 Å². The molecule has 1 aromatic rings. The Hall–Kier alpha value is -3.21. The van der Waals surface area contributed by atoms with E-state index in [1.165, 1.54) is 0 Å². The summed E-state index contributed by atoms with van der Waals surface area (Å²) in [5.74, 6) is -11.0. The van der Waals surface area contributed by atoms with Crippen molar-refractivity contribution >= 4 is 35.9 Å². The van der Waals surface area contributed by atoms with Crippen LogP contribution in [-0.2, 0) is 33.7 Å². The SMILES string of the molecule is COc1c(OC(=O)C(O)CO)cc(C=CC(=O)OOC(=O)C(O)CO)c(OC(=O)C(O)CO)c1OC(=O)C(O)CO.[H-].[Na+]. The number of ether oxygens (including phenoxy) is 4. The van der Waals surface area contributed by atoms with Gasteiger partial charge < -0.3 is 61.2 Å². The molecule has 0 heterocycles. The second kappa shape index (κ2) is 19.1. The number of aliphatic hydroxyl groups excluding tert-OH is 8. The van der Waals surface area contributed by atoms with E-state index in [9.17, 15) is 39.3 Å². The van der Waals surface area contributed by atoms with E-state index in [0.29, 0.717) is 12.2 Å². The van der Waals surface area contributed by atoms with Crippen LogP contribution in [0.3, 0.4) is 0 Å². The van der Waals surface area contributed by atoms with Crippen LogP contribution in [0.5, 0.6) is 23.0 Å². The molecule has 0 saturated heterocycles. The van der Waals surface area contributed by atoms with E-state index in [2.05, 4.69) is 9.78 Å². The van der Waals surface area contributed by atoms with Crippen molar-refractivity contribution < 1.29 is 125 Å². The van der Waals surface area contributed by atoms with E-state index < -0.39 is 109 Å². The predicted octanol–water partition coefficient (Wildman–Crippen LogP) is -8.04. The Morgan fingerprint density at radius 2 is 1.12 bits per heavy atom. The number of methoxy groups -OCH3 is 1. The van der Waals surface area contributed by atoms with Crippen molar-refractivity contribution in [2.24, 2.45) is 0 Å². The van der Waals surface area contributed by atoms with Crippen LogP contribution in [0.4, 0.5) is 0 Å². The monoisotopic (exact) mass is 618 g/mol. The quantitative estimate of drug-likeness (QED) is 0.0240. The molecular formula is C22H27NaO19. The van der Waals surface area contributed by atoms with Gasteiger partial charge in [-0.1, -0.05) is 0 Å². The zero-order chi connectivity index (χ0) is 31.3. The number of carbonyl (C=O) groups excluding carboxylic acids is 5. The maximum absolute atomic E-state index is 12.3. The van der Waals surface area contributed by atoms with Gasteiger partial charge in [0, 0.05) is 11.6 Å². The Bertz CT molecular complexity index is 1140. The van der Waals surface area contributed by atoms with Crippen molar-refractivity contribution in [2.75, 3.05) is 33.5 Å². The fourth-order valence-corrected chi connectivity index (χ4v) is 2.34. The minimum atomic E-state index is -2.17. The fraction of sp³-hybridized carbons (Fsp3) is 0.409. The van der Waals surface area contributed by atoms with E-state index in [1.54, 1.807) is 0 Å². The molecule has 230 valence electrons. The molecule has 0 spiro atoms. The van der Waals surface area contributed by atoms with Crippen molar-refractivity contribution in [3.63, 3.8) is 0 Å². The number of hydrogen-bond acceptors (Lipinski definition) is 19. The fourth-order valence-electron chi connectivity index (χ4n) is 2.34. The Kier molecular flexibility index (Phi) is 17.6. The predicted molar refractivity (Wildman–Crippen MR) is 125 cm³/mol. The van der Waals surface area contributed by atoms with E-state index in [-0.39, 0.29) is 31.0 Å². The Morgan fingerprint density at radius 1 is 0.690 bits per heavy atom. The van der Waals surface area contributed by atoms with Gasteiger partial charge in [-0.3, -0.25) is 0 Å². The Balaban J connectivity index is 0. The van der Waals surface area contributed by atoms with Gasteiger partial charge in [0.1, 0.15) is 0 Å². The molecule has 42 heavy (non-hydrogen) atoms. The van der Waals surface area contributed by atoms with Gasteiger partial charge in [0.25, 0.3) is 0 Å². The first-order chi connectivity index (χ1) is 19.3. The van der Waals surface area contributed by atoms with Gasteiger partial charge >= 0.3 is 59.4 Å². The van der Waals surface area contributed by atoms with Gasteiger partial charge in [-0.05, 0) is 12.1 Å². The van der Waals surface area contributed by atoms with Gasteiger partial charge in [0.05, 0.1) is 33.5 Å². The molecule has 0 radical (unpaired) electrons. The van der Waals surface area contributed by atoms with Gasteiger partial charge in [0.2, 0.25) is 11.5 Å². The third kappa shape index (κ3) is 11.2. The van der Waals surface area contributed by atoms with Crippen LogP contribution in [0.15, 0.2) is 12.1 Å². The van der Waals surface area contributed by atoms with E-state index >= 15 is 0 Å². The molecule has 0 saturated carbocycles. The number of esters is 3. The number of hydrogen-bond donors (Lipinski definition) is 8. The van der Waals surface area contributed by atoms with Crippen LogP contribution in [0.1, 0.15) is 6.99 Å². The topological polar surface area (TPSA) is 303 Å². The summed E-state index contributed by atoms with van der Waals surface area (Å²) in [6, 6.07) is 0.778. The minimum Gasteiger partial charge on any atom is -1.00 e. The van der Waals surface area contributed by atoms with Gasteiger partial charge in [0.15, 0.2) is 35.9 Å². The summed E-state index contributed by atoms with van der Waals surface area (Å²) in [5.41, 5.74) is -0.550. The molecule has 20 heteroatoms. The van der Waals surface area contributed by atoms with Gasteiger partial charge in [-0.15, -0.1) is 0 Å². The second-order valence-corrected chi connectivity index (χ2v) is 7.35. The van der Waals surface area contributed by atoms with Crippen molar-refractivity contribution in [3.05, 3.63) is 17.7 Å². The van der Waals surface area contributed by atoms with Crippen LogP contribution in [0.2, 0.25) is 0 Å². The van der Waals surface area contributed by atoms with Crippen molar-refractivity contribution in [1.82, 2.24) is 0 Å². The molecule has 0 aliphatic heterocycles. The van der Waals surface area contributed by atoms with Gasteiger partial charge in [-0.25, -0.2) is 33.7 Å². The summed E-state index contributed by atoms with van der Waals surface area (Å²) < 4.78 is 19.8. The molecule has 1 rings (SSSR count). The number of carbonyl (C=O) groups is 5. The minimum absolute atomic E-state index is 0. The molecule has 8 N–H and O–H groups in total. The summed E-state index contributed by atoms with van der Waals surface area (Å²) >= 11 is 0. The molecule has 0 fully saturated rings. The van der Waals surface area contributed by atoms with Crippen molar-refractivity contribution in [3.8, 4) is 23.0 Å². The molecule has 4 atom stereocenters. The number of aliphatic hydroxyl groups is 8. The molecule has 0 aromatic heterocycles. The maximum Gasteiger partial charge on any atom is 1.00 e. The summed E-state index contributed by atoms with van der Waals surface area (Å²) in [6.07, 6.45) is -7.29. The van der Waals surface area contributed by atoms with Crippen LogP contribution >= 0.6 is 0 Å². The van der Waals surface area contributed by atoms with Crippen molar-refractivity contribution in [1.29, 1.82) is 0 Å². The molecular weight excluding hydrogens is 591 g/mol. The van der Waals surface area contributed by atoms with Gasteiger partial charge in [-0.2, -0.15) is 0 Å². The average molecular weight is 618 g/mol. The van der Waals surface area contributed by atoms with Crippen LogP contribution in [-0.4, -0.2) is 129 Å². The molecule has 0 amide bonds. The smallest absolute Gasteiger partial charge is 1.00 e. The standard InChI is InChI=1S/C22H26O19.Na.H/c1-36-17-14(37-19(32)10(27)5-23)4-9(2-3-15(31)40-41-22(35)13(30)8-26)16(38-20(33)11(28)6-24)18(17)39-21(34)12(29)7-25;;/h2-4,10-13,23-30H,5-8H2,1H3;;/q;+1;-1. The van der Waals surface area contributed by atoms with Crippen LogP contribution in [0.25, 0.3) is 6.08 Å². The first-order valence-electron chi connectivity index (χ1n) is 11.0. The maximum atomic E-state index is 12.3. The number of benzene rings is 1. The Morgan fingerprint density at radius 3 is 1.57 bits per heavy atom.